The van der Waals surface area contributed by atoms with Gasteiger partial charge in [0.1, 0.15) is 11.5 Å². The molecule has 1 aliphatic rings. The van der Waals surface area contributed by atoms with Crippen LogP contribution >= 0.6 is 0 Å². The number of ether oxygens (including phenoxy) is 1. The van der Waals surface area contributed by atoms with Crippen molar-refractivity contribution in [2.24, 2.45) is 0 Å². The molecule has 0 amide bonds. The van der Waals surface area contributed by atoms with E-state index in [2.05, 4.69) is 305 Å². The summed E-state index contributed by atoms with van der Waals surface area (Å²) in [6, 6.07) is 103. The lowest BCUT2D eigenvalue weighted by Crippen LogP contribution is -2.29. The monoisotopic (exact) mass is 1130 g/mol. The number of anilines is 3. The fourth-order valence-corrected chi connectivity index (χ4v) is 13.6. The maximum absolute atomic E-state index is 6.51. The molecular formula is C85H64N2O. The Bertz CT molecular complexity index is 5040. The molecule has 1 unspecified atom stereocenters. The Hall–Kier alpha value is -11.0. The molecule has 1 heterocycles. The standard InChI is InChI=1S/C85H64N2O/c1-7-56-18-24-59(25-19-56)63-31-50-82-78(52-63)79-53-64(32-51-83(79)87(82)69-39-20-57(8-2)21-40-69)60-28-41-68(42-29-60)86(70-43-30-62-27-26-61-14-10-11-15-74(61)77(62)54-70)71-44-49-76-75-16-12-13-17-80(75)85(81(76)55-71,66-35-33-65(34-36-66)84(4,5)6)67-37-47-73(48-38-67)88-72-45-22-58(9-3)23-46-72/h7-55H,1-3H2,4-6H3. The first kappa shape index (κ1) is 53.7. The SMILES string of the molecule is C=Cc1ccc(Oc2ccc(C3(c4ccc(C(C)(C)C)cc4)c4ccccc4-c4ccc(N(c5ccc(-c6ccc7c(c6)c6cc(-c8ccc(C=C)cc8)ccc6n7-c6ccc(C=C)cc6)cc5)c5ccc6ccc7ccccc7c6c5)cc43)cc2)cc1. The highest BCUT2D eigenvalue weighted by Gasteiger charge is 2.46. The maximum Gasteiger partial charge on any atom is 0.127 e. The molecule has 0 saturated carbocycles. The van der Waals surface area contributed by atoms with Crippen LogP contribution in [0.5, 0.6) is 11.5 Å². The molecule has 14 aromatic rings. The summed E-state index contributed by atoms with van der Waals surface area (Å²) < 4.78 is 8.90. The zero-order valence-electron chi connectivity index (χ0n) is 49.7. The van der Waals surface area contributed by atoms with Crippen molar-refractivity contribution in [3.8, 4) is 50.6 Å². The van der Waals surface area contributed by atoms with Gasteiger partial charge in [0.15, 0.2) is 0 Å². The van der Waals surface area contributed by atoms with E-state index in [1.807, 2.05) is 42.5 Å². The van der Waals surface area contributed by atoms with Crippen molar-refractivity contribution < 1.29 is 4.74 Å². The van der Waals surface area contributed by atoms with Gasteiger partial charge in [0.2, 0.25) is 0 Å². The average molecular weight is 1130 g/mol. The molecule has 420 valence electrons. The van der Waals surface area contributed by atoms with Crippen LogP contribution in [0.3, 0.4) is 0 Å². The predicted octanol–water partition coefficient (Wildman–Crippen LogP) is 23.3. The van der Waals surface area contributed by atoms with Gasteiger partial charge < -0.3 is 14.2 Å². The van der Waals surface area contributed by atoms with Gasteiger partial charge in [0, 0.05) is 33.5 Å². The molecule has 0 bridgehead atoms. The third kappa shape index (κ3) is 9.14. The van der Waals surface area contributed by atoms with E-state index >= 15 is 0 Å². The van der Waals surface area contributed by atoms with Crippen molar-refractivity contribution in [1.29, 1.82) is 0 Å². The Morgan fingerprint density at radius 1 is 0.375 bits per heavy atom. The van der Waals surface area contributed by atoms with Crippen LogP contribution in [0.2, 0.25) is 0 Å². The molecule has 0 spiro atoms. The number of hydrogen-bond donors (Lipinski definition) is 0. The smallest absolute Gasteiger partial charge is 0.127 e. The Morgan fingerprint density at radius 2 is 0.841 bits per heavy atom. The summed E-state index contributed by atoms with van der Waals surface area (Å²) >= 11 is 0. The van der Waals surface area contributed by atoms with Gasteiger partial charge in [-0.15, -0.1) is 0 Å². The third-order valence-electron chi connectivity index (χ3n) is 18.2. The molecule has 1 aromatic heterocycles. The summed E-state index contributed by atoms with van der Waals surface area (Å²) in [5.41, 5.74) is 22.3. The predicted molar refractivity (Wildman–Crippen MR) is 374 cm³/mol. The Balaban J connectivity index is 0.896. The second-order valence-electron chi connectivity index (χ2n) is 24.2. The van der Waals surface area contributed by atoms with Gasteiger partial charge in [-0.2, -0.15) is 0 Å². The number of aromatic nitrogens is 1. The summed E-state index contributed by atoms with van der Waals surface area (Å²) in [5, 5.41) is 7.23. The molecule has 88 heavy (non-hydrogen) atoms. The normalized spacial score (nSPS) is 13.6. The molecule has 0 saturated heterocycles. The van der Waals surface area contributed by atoms with Crippen LogP contribution in [0.4, 0.5) is 17.1 Å². The van der Waals surface area contributed by atoms with E-state index in [4.69, 9.17) is 4.74 Å². The van der Waals surface area contributed by atoms with Crippen LogP contribution in [-0.2, 0) is 10.8 Å². The molecule has 13 aromatic carbocycles. The molecular weight excluding hydrogens is 1060 g/mol. The lowest BCUT2D eigenvalue weighted by molar-refractivity contribution is 0.482. The van der Waals surface area contributed by atoms with E-state index in [-0.39, 0.29) is 5.41 Å². The highest BCUT2D eigenvalue weighted by atomic mass is 16.5. The largest absolute Gasteiger partial charge is 0.457 e. The van der Waals surface area contributed by atoms with Gasteiger partial charge in [-0.3, -0.25) is 0 Å². The second-order valence-corrected chi connectivity index (χ2v) is 24.2. The van der Waals surface area contributed by atoms with E-state index in [9.17, 15) is 0 Å². The van der Waals surface area contributed by atoms with Crippen LogP contribution in [0.15, 0.2) is 299 Å². The second kappa shape index (κ2) is 21.5. The minimum Gasteiger partial charge on any atom is -0.457 e. The highest BCUT2D eigenvalue weighted by molar-refractivity contribution is 6.12. The Morgan fingerprint density at radius 3 is 1.45 bits per heavy atom. The van der Waals surface area contributed by atoms with Gasteiger partial charge >= 0.3 is 0 Å². The van der Waals surface area contributed by atoms with Crippen molar-refractivity contribution in [2.75, 3.05) is 4.90 Å². The molecule has 1 atom stereocenters. The van der Waals surface area contributed by atoms with E-state index in [0.717, 1.165) is 78.7 Å². The van der Waals surface area contributed by atoms with Crippen LogP contribution in [0.25, 0.3) is 101 Å². The van der Waals surface area contributed by atoms with Crippen molar-refractivity contribution in [3.05, 3.63) is 343 Å². The molecule has 3 nitrogen and oxygen atoms in total. The number of rotatable bonds is 13. The topological polar surface area (TPSA) is 17.4 Å². The lowest BCUT2D eigenvalue weighted by atomic mass is 9.67. The Labute approximate surface area is 515 Å². The van der Waals surface area contributed by atoms with Gasteiger partial charge in [-0.1, -0.05) is 241 Å². The minimum atomic E-state index is -0.689. The molecule has 0 N–H and O–H groups in total. The van der Waals surface area contributed by atoms with Crippen LogP contribution < -0.4 is 9.64 Å². The first-order valence-corrected chi connectivity index (χ1v) is 30.3. The van der Waals surface area contributed by atoms with E-state index in [1.165, 1.54) is 76.8 Å². The summed E-state index contributed by atoms with van der Waals surface area (Å²) in [7, 11) is 0. The molecule has 0 aliphatic heterocycles. The average Bonchev–Trinajstić information content (AvgIpc) is 1.54. The van der Waals surface area contributed by atoms with Crippen LogP contribution in [-0.4, -0.2) is 4.57 Å². The number of nitrogens with zero attached hydrogens (tertiary/aromatic N) is 2. The van der Waals surface area contributed by atoms with Crippen molar-refractivity contribution in [1.82, 2.24) is 4.57 Å². The summed E-state index contributed by atoms with van der Waals surface area (Å²) in [6.45, 7) is 18.8. The molecule has 0 fully saturated rings. The fourth-order valence-electron chi connectivity index (χ4n) is 13.6. The zero-order valence-corrected chi connectivity index (χ0v) is 49.7. The molecule has 0 radical (unpaired) electrons. The zero-order chi connectivity index (χ0) is 59.7. The number of hydrogen-bond acceptors (Lipinski definition) is 2. The van der Waals surface area contributed by atoms with Gasteiger partial charge in [-0.05, 0) is 202 Å². The summed E-state index contributed by atoms with van der Waals surface area (Å²) in [5.74, 6) is 1.55. The van der Waals surface area contributed by atoms with E-state index < -0.39 is 5.41 Å². The lowest BCUT2D eigenvalue weighted by Gasteiger charge is -2.35. The Kier molecular flexibility index (Phi) is 13.1. The maximum atomic E-state index is 6.51. The number of benzene rings is 13. The van der Waals surface area contributed by atoms with Crippen molar-refractivity contribution >= 4 is 78.6 Å². The summed E-state index contributed by atoms with van der Waals surface area (Å²) in [4.78, 5) is 2.45. The molecule has 15 rings (SSSR count). The van der Waals surface area contributed by atoms with Crippen molar-refractivity contribution in [2.45, 2.75) is 31.6 Å². The fraction of sp³-hybridized carbons (Fsp3) is 0.0588. The minimum absolute atomic E-state index is 0.0240. The van der Waals surface area contributed by atoms with E-state index in [0.29, 0.717) is 0 Å². The first-order chi connectivity index (χ1) is 43.1. The quantitative estimate of drug-likeness (QED) is 0.107. The summed E-state index contributed by atoms with van der Waals surface area (Å²) in [6.07, 6.45) is 5.64. The number of fused-ring (bicyclic) bond motifs is 9. The van der Waals surface area contributed by atoms with Crippen LogP contribution in [0, 0.1) is 0 Å². The first-order valence-electron chi connectivity index (χ1n) is 30.3. The highest BCUT2D eigenvalue weighted by Crippen LogP contribution is 2.58. The van der Waals surface area contributed by atoms with E-state index in [1.54, 1.807) is 0 Å². The van der Waals surface area contributed by atoms with Gasteiger partial charge in [-0.25, -0.2) is 0 Å². The molecule has 1 aliphatic carbocycles. The van der Waals surface area contributed by atoms with Crippen LogP contribution in [0.1, 0.15) is 65.3 Å². The van der Waals surface area contributed by atoms with Gasteiger partial charge in [0.05, 0.1) is 16.4 Å². The third-order valence-corrected chi connectivity index (χ3v) is 18.2. The molecule has 3 heteroatoms. The van der Waals surface area contributed by atoms with Gasteiger partial charge in [0.25, 0.3) is 0 Å². The van der Waals surface area contributed by atoms with Crippen molar-refractivity contribution in [3.63, 3.8) is 0 Å².